The number of benzene rings is 2. The Morgan fingerprint density at radius 1 is 1.22 bits per heavy atom. The van der Waals surface area contributed by atoms with Crippen LogP contribution in [0.3, 0.4) is 0 Å². The van der Waals surface area contributed by atoms with Crippen LogP contribution < -0.4 is 10.1 Å². The third-order valence-corrected chi connectivity index (χ3v) is 4.45. The van der Waals surface area contributed by atoms with Crippen LogP contribution in [0, 0.1) is 28.6 Å². The first-order valence-electron chi connectivity index (χ1n) is 8.26. The van der Waals surface area contributed by atoms with Crippen molar-refractivity contribution in [2.75, 3.05) is 0 Å². The SMILES string of the molecule is CC1(C)Oc2ccc(C#N)cc2[C@@H](NC(=NC#N)c2ccc(F)cc2)[C@@H]1O. The molecular weight excluding hydrogens is 347 g/mol. The first kappa shape index (κ1) is 18.4. The van der Waals surface area contributed by atoms with Crippen LogP contribution in [0.1, 0.15) is 36.6 Å². The Bertz CT molecular complexity index is 971. The Hall–Kier alpha value is -3.42. The lowest BCUT2D eigenvalue weighted by Gasteiger charge is -2.42. The van der Waals surface area contributed by atoms with E-state index in [1.54, 1.807) is 38.2 Å². The number of amidine groups is 1. The summed E-state index contributed by atoms with van der Waals surface area (Å²) in [6.07, 6.45) is 0.722. The minimum atomic E-state index is -0.997. The minimum Gasteiger partial charge on any atom is -0.485 e. The van der Waals surface area contributed by atoms with E-state index < -0.39 is 23.6 Å². The van der Waals surface area contributed by atoms with Gasteiger partial charge < -0.3 is 15.2 Å². The van der Waals surface area contributed by atoms with E-state index in [0.29, 0.717) is 22.4 Å². The van der Waals surface area contributed by atoms with E-state index in [4.69, 9.17) is 10.00 Å². The molecule has 2 N–H and O–H groups in total. The van der Waals surface area contributed by atoms with Crippen molar-refractivity contribution >= 4 is 5.84 Å². The normalized spacial score (nSPS) is 20.6. The van der Waals surface area contributed by atoms with Crippen LogP contribution in [0.4, 0.5) is 4.39 Å². The minimum absolute atomic E-state index is 0.188. The summed E-state index contributed by atoms with van der Waals surface area (Å²) in [5.74, 6) is 0.302. The highest BCUT2D eigenvalue weighted by Gasteiger charge is 2.43. The van der Waals surface area contributed by atoms with E-state index in [0.717, 1.165) is 0 Å². The van der Waals surface area contributed by atoms with E-state index >= 15 is 0 Å². The Labute approximate surface area is 156 Å². The smallest absolute Gasteiger partial charge is 0.207 e. The van der Waals surface area contributed by atoms with Crippen LogP contribution in [-0.2, 0) is 0 Å². The molecule has 0 spiro atoms. The molecule has 0 aliphatic carbocycles. The zero-order valence-electron chi connectivity index (χ0n) is 14.8. The molecule has 0 unspecified atom stereocenters. The Balaban J connectivity index is 2.06. The third-order valence-electron chi connectivity index (χ3n) is 4.45. The van der Waals surface area contributed by atoms with Gasteiger partial charge in [0.15, 0.2) is 0 Å². The number of halogens is 1. The van der Waals surface area contributed by atoms with Crippen molar-refractivity contribution in [1.82, 2.24) is 5.32 Å². The Morgan fingerprint density at radius 3 is 2.56 bits per heavy atom. The molecule has 1 aliphatic rings. The molecule has 0 amide bonds. The molecule has 2 aromatic carbocycles. The number of hydrogen-bond donors (Lipinski definition) is 2. The van der Waals surface area contributed by atoms with Gasteiger partial charge in [0.1, 0.15) is 29.1 Å². The van der Waals surface area contributed by atoms with E-state index in [2.05, 4.69) is 16.4 Å². The van der Waals surface area contributed by atoms with Crippen LogP contribution in [0.5, 0.6) is 5.75 Å². The van der Waals surface area contributed by atoms with Crippen molar-refractivity contribution in [2.24, 2.45) is 4.99 Å². The topological polar surface area (TPSA) is 101 Å². The lowest BCUT2D eigenvalue weighted by molar-refractivity contribution is -0.0610. The lowest BCUT2D eigenvalue weighted by Crippen LogP contribution is -2.53. The fourth-order valence-corrected chi connectivity index (χ4v) is 3.01. The molecule has 3 rings (SSSR count). The van der Waals surface area contributed by atoms with Gasteiger partial charge in [-0.1, -0.05) is 0 Å². The highest BCUT2D eigenvalue weighted by Crippen LogP contribution is 2.40. The quantitative estimate of drug-likeness (QED) is 0.485. The molecule has 0 radical (unpaired) electrons. The average Bonchev–Trinajstić information content (AvgIpc) is 2.65. The number of aliphatic hydroxyl groups excluding tert-OH is 1. The van der Waals surface area contributed by atoms with Gasteiger partial charge in [0.25, 0.3) is 0 Å². The molecule has 27 heavy (non-hydrogen) atoms. The van der Waals surface area contributed by atoms with Crippen molar-refractivity contribution < 1.29 is 14.2 Å². The Morgan fingerprint density at radius 2 is 1.93 bits per heavy atom. The fraction of sp³-hybridized carbons (Fsp3) is 0.250. The summed E-state index contributed by atoms with van der Waals surface area (Å²) >= 11 is 0. The molecule has 0 fully saturated rings. The van der Waals surface area contributed by atoms with Crippen LogP contribution >= 0.6 is 0 Å². The number of rotatable bonds is 2. The average molecular weight is 364 g/mol. The van der Waals surface area contributed by atoms with Gasteiger partial charge in [-0.3, -0.25) is 0 Å². The molecule has 2 aromatic rings. The van der Waals surface area contributed by atoms with E-state index in [-0.39, 0.29) is 5.84 Å². The zero-order valence-corrected chi connectivity index (χ0v) is 14.8. The van der Waals surface area contributed by atoms with E-state index in [1.165, 1.54) is 24.3 Å². The van der Waals surface area contributed by atoms with Gasteiger partial charge in [0.2, 0.25) is 6.19 Å². The highest BCUT2D eigenvalue weighted by atomic mass is 19.1. The monoisotopic (exact) mass is 364 g/mol. The zero-order chi connectivity index (χ0) is 19.6. The summed E-state index contributed by atoms with van der Waals surface area (Å²) in [4.78, 5) is 3.79. The second-order valence-electron chi connectivity index (χ2n) is 6.70. The molecular formula is C20H17FN4O2. The first-order chi connectivity index (χ1) is 12.9. The molecule has 1 heterocycles. The summed E-state index contributed by atoms with van der Waals surface area (Å²) < 4.78 is 19.1. The van der Waals surface area contributed by atoms with E-state index in [9.17, 15) is 14.8 Å². The van der Waals surface area contributed by atoms with Gasteiger partial charge in [-0.15, -0.1) is 0 Å². The fourth-order valence-electron chi connectivity index (χ4n) is 3.01. The molecule has 0 saturated carbocycles. The predicted octanol–water partition coefficient (Wildman–Crippen LogP) is 2.79. The highest BCUT2D eigenvalue weighted by molar-refractivity contribution is 5.99. The van der Waals surface area contributed by atoms with Crippen LogP contribution in [0.15, 0.2) is 47.5 Å². The predicted molar refractivity (Wildman–Crippen MR) is 96.3 cm³/mol. The van der Waals surface area contributed by atoms with Gasteiger partial charge in [-0.2, -0.15) is 15.5 Å². The number of nitriles is 2. The van der Waals surface area contributed by atoms with Gasteiger partial charge in [-0.05, 0) is 56.3 Å². The number of nitrogens with zero attached hydrogens (tertiary/aromatic N) is 3. The van der Waals surface area contributed by atoms with Crippen molar-refractivity contribution in [1.29, 1.82) is 10.5 Å². The largest absolute Gasteiger partial charge is 0.485 e. The molecule has 0 saturated heterocycles. The van der Waals surface area contributed by atoms with Gasteiger partial charge >= 0.3 is 0 Å². The van der Waals surface area contributed by atoms with Crippen LogP contribution in [0.25, 0.3) is 0 Å². The standard InChI is InChI=1S/C20H17FN4O2/c1-20(2)18(26)17(15-9-12(10-22)3-8-16(15)27-20)25-19(24-11-23)13-4-6-14(21)7-5-13/h3-9,17-18,26H,1-2H3,(H,24,25)/t17-,18+/m1/s1. The summed E-state index contributed by atoms with van der Waals surface area (Å²) in [5, 5.41) is 32.2. The molecule has 136 valence electrons. The van der Waals surface area contributed by atoms with E-state index in [1.807, 2.05) is 0 Å². The summed E-state index contributed by atoms with van der Waals surface area (Å²) in [7, 11) is 0. The van der Waals surface area contributed by atoms with Crippen molar-refractivity contribution in [3.05, 3.63) is 65.0 Å². The summed E-state index contributed by atoms with van der Waals surface area (Å²) in [5.41, 5.74) is 0.567. The molecule has 6 nitrogen and oxygen atoms in total. The molecule has 0 aromatic heterocycles. The summed E-state index contributed by atoms with van der Waals surface area (Å²) in [6, 6.07) is 11.8. The molecule has 7 heteroatoms. The van der Waals surface area contributed by atoms with Crippen LogP contribution in [0.2, 0.25) is 0 Å². The van der Waals surface area contributed by atoms with Crippen molar-refractivity contribution in [2.45, 2.75) is 31.6 Å². The van der Waals surface area contributed by atoms with Gasteiger partial charge in [-0.25, -0.2) is 4.39 Å². The Kier molecular flexibility index (Phi) is 4.81. The molecule has 1 aliphatic heterocycles. The van der Waals surface area contributed by atoms with Crippen molar-refractivity contribution in [3.63, 3.8) is 0 Å². The second-order valence-corrected chi connectivity index (χ2v) is 6.70. The van der Waals surface area contributed by atoms with Gasteiger partial charge in [0, 0.05) is 11.1 Å². The molecule has 0 bridgehead atoms. The van der Waals surface area contributed by atoms with Crippen LogP contribution in [-0.4, -0.2) is 22.6 Å². The molecule has 2 atom stereocenters. The number of nitrogens with one attached hydrogen (secondary N) is 1. The first-order valence-corrected chi connectivity index (χ1v) is 8.26. The maximum atomic E-state index is 13.2. The number of aliphatic hydroxyl groups is 1. The lowest BCUT2D eigenvalue weighted by atomic mass is 9.85. The maximum Gasteiger partial charge on any atom is 0.207 e. The number of ether oxygens (including phenoxy) is 1. The second kappa shape index (κ2) is 7.06. The number of aliphatic imine (C=N–C) groups is 1. The number of hydrogen-bond acceptors (Lipinski definition) is 5. The summed E-state index contributed by atoms with van der Waals surface area (Å²) in [6.45, 7) is 3.49. The van der Waals surface area contributed by atoms with Gasteiger partial charge in [0.05, 0.1) is 17.7 Å². The maximum absolute atomic E-state index is 13.2. The van der Waals surface area contributed by atoms with Crippen molar-refractivity contribution in [3.8, 4) is 18.0 Å². The number of fused-ring (bicyclic) bond motifs is 1. The third kappa shape index (κ3) is 3.59.